The summed E-state index contributed by atoms with van der Waals surface area (Å²) in [7, 11) is 1.55. The van der Waals surface area contributed by atoms with Gasteiger partial charge in [-0.2, -0.15) is 0 Å². The van der Waals surface area contributed by atoms with Crippen LogP contribution in [0.2, 0.25) is 5.02 Å². The van der Waals surface area contributed by atoms with Gasteiger partial charge in [-0.05, 0) is 42.0 Å². The minimum atomic E-state index is -0.421. The molecule has 2 N–H and O–H groups in total. The van der Waals surface area contributed by atoms with Crippen molar-refractivity contribution in [3.8, 4) is 17.2 Å². The predicted octanol–water partition coefficient (Wildman–Crippen LogP) is 3.72. The fraction of sp³-hybridized carbons (Fsp3) is 0.111. The monoisotopic (exact) mass is 342 g/mol. The lowest BCUT2D eigenvalue weighted by Crippen LogP contribution is -2.13. The van der Waals surface area contributed by atoms with Gasteiger partial charge in [0.2, 0.25) is 5.91 Å². The Morgan fingerprint density at radius 1 is 1.17 bits per heavy atom. The molecule has 0 aliphatic heterocycles. The minimum Gasteiger partial charge on any atom is -0.497 e. The van der Waals surface area contributed by atoms with Gasteiger partial charge in [0.05, 0.1) is 19.0 Å². The maximum absolute atomic E-state index is 11.2. The first kappa shape index (κ1) is 16.1. The van der Waals surface area contributed by atoms with Crippen LogP contribution in [0.4, 0.5) is 0 Å². The lowest BCUT2D eigenvalue weighted by atomic mass is 10.1. The number of halogens is 1. The van der Waals surface area contributed by atoms with E-state index in [2.05, 4.69) is 4.98 Å². The molecule has 0 radical (unpaired) electrons. The molecule has 0 atom stereocenters. The van der Waals surface area contributed by atoms with E-state index in [1.807, 2.05) is 6.07 Å². The van der Waals surface area contributed by atoms with Crippen molar-refractivity contribution in [2.24, 2.45) is 5.73 Å². The quantitative estimate of drug-likeness (QED) is 0.766. The van der Waals surface area contributed by atoms with Gasteiger partial charge >= 0.3 is 0 Å². The lowest BCUT2D eigenvalue weighted by Gasteiger charge is -2.12. The summed E-state index contributed by atoms with van der Waals surface area (Å²) < 4.78 is 11.2. The number of rotatable bonds is 5. The highest BCUT2D eigenvalue weighted by atomic mass is 35.5. The molecule has 0 saturated carbocycles. The van der Waals surface area contributed by atoms with Crippen molar-refractivity contribution in [3.63, 3.8) is 0 Å². The third-order valence-electron chi connectivity index (χ3n) is 3.45. The average molecular weight is 343 g/mol. The molecular weight excluding hydrogens is 328 g/mol. The number of hydrogen-bond acceptors (Lipinski definition) is 4. The molecule has 0 aliphatic carbocycles. The molecule has 6 heteroatoms. The average Bonchev–Trinajstić information content (AvgIpc) is 2.54. The molecule has 0 fully saturated rings. The van der Waals surface area contributed by atoms with Crippen LogP contribution in [-0.2, 0) is 11.2 Å². The van der Waals surface area contributed by atoms with E-state index in [-0.39, 0.29) is 6.42 Å². The van der Waals surface area contributed by atoms with Gasteiger partial charge in [0.25, 0.3) is 0 Å². The molecule has 24 heavy (non-hydrogen) atoms. The van der Waals surface area contributed by atoms with Crippen molar-refractivity contribution < 1.29 is 14.3 Å². The van der Waals surface area contributed by atoms with Crippen LogP contribution in [-0.4, -0.2) is 18.0 Å². The van der Waals surface area contributed by atoms with E-state index in [1.165, 1.54) is 0 Å². The van der Waals surface area contributed by atoms with E-state index < -0.39 is 5.91 Å². The van der Waals surface area contributed by atoms with Crippen LogP contribution in [0, 0.1) is 0 Å². The van der Waals surface area contributed by atoms with Crippen LogP contribution in [0.25, 0.3) is 10.9 Å². The number of carbonyl (C=O) groups is 1. The van der Waals surface area contributed by atoms with Gasteiger partial charge in [-0.25, -0.2) is 0 Å². The van der Waals surface area contributed by atoms with Gasteiger partial charge in [-0.15, -0.1) is 0 Å². The van der Waals surface area contributed by atoms with E-state index >= 15 is 0 Å². The summed E-state index contributed by atoms with van der Waals surface area (Å²) in [6.45, 7) is 0. The first-order chi connectivity index (χ1) is 11.5. The Labute approximate surface area is 144 Å². The summed E-state index contributed by atoms with van der Waals surface area (Å²) in [6, 6.07) is 12.4. The van der Waals surface area contributed by atoms with Gasteiger partial charge < -0.3 is 15.2 Å². The second kappa shape index (κ2) is 6.76. The zero-order valence-electron chi connectivity index (χ0n) is 13.0. The molecule has 3 aromatic rings. The number of aromatic nitrogens is 1. The minimum absolute atomic E-state index is 0.108. The molecule has 5 nitrogen and oxygen atoms in total. The number of ether oxygens (including phenoxy) is 2. The topological polar surface area (TPSA) is 74.4 Å². The van der Waals surface area contributed by atoms with Gasteiger partial charge in [0.15, 0.2) is 0 Å². The van der Waals surface area contributed by atoms with Crippen LogP contribution >= 0.6 is 11.6 Å². The number of pyridine rings is 1. The van der Waals surface area contributed by atoms with Crippen LogP contribution in [0.15, 0.2) is 48.7 Å². The van der Waals surface area contributed by atoms with Crippen molar-refractivity contribution in [1.82, 2.24) is 4.98 Å². The largest absolute Gasteiger partial charge is 0.497 e. The number of amides is 1. The van der Waals surface area contributed by atoms with Gasteiger partial charge in [-0.3, -0.25) is 9.78 Å². The van der Waals surface area contributed by atoms with Gasteiger partial charge in [-0.1, -0.05) is 11.6 Å². The van der Waals surface area contributed by atoms with Crippen molar-refractivity contribution in [1.29, 1.82) is 0 Å². The molecule has 0 spiro atoms. The van der Waals surface area contributed by atoms with E-state index in [0.29, 0.717) is 27.8 Å². The highest BCUT2D eigenvalue weighted by molar-refractivity contribution is 6.31. The number of nitrogens with zero attached hydrogens (tertiary/aromatic N) is 1. The summed E-state index contributed by atoms with van der Waals surface area (Å²) in [5.41, 5.74) is 6.76. The molecule has 3 rings (SSSR count). The number of nitrogens with two attached hydrogens (primary N) is 1. The fourth-order valence-corrected chi connectivity index (χ4v) is 2.59. The number of carbonyl (C=O) groups excluding carboxylic acids is 1. The first-order valence-corrected chi connectivity index (χ1v) is 7.61. The molecule has 0 aliphatic rings. The van der Waals surface area contributed by atoms with Crippen molar-refractivity contribution in [3.05, 3.63) is 59.2 Å². The first-order valence-electron chi connectivity index (χ1n) is 7.23. The summed E-state index contributed by atoms with van der Waals surface area (Å²) in [5.74, 6) is 1.31. The van der Waals surface area contributed by atoms with Crippen molar-refractivity contribution >= 4 is 28.4 Å². The van der Waals surface area contributed by atoms with E-state index in [9.17, 15) is 4.79 Å². The molecular formula is C18H15ClN2O3. The fourth-order valence-electron chi connectivity index (χ4n) is 2.42. The van der Waals surface area contributed by atoms with E-state index in [1.54, 1.807) is 49.7 Å². The molecule has 1 amide bonds. The third kappa shape index (κ3) is 3.58. The molecule has 0 bridgehead atoms. The number of primary amides is 1. The summed E-state index contributed by atoms with van der Waals surface area (Å²) in [6.07, 6.45) is 1.77. The Morgan fingerprint density at radius 3 is 2.71 bits per heavy atom. The third-order valence-corrected chi connectivity index (χ3v) is 3.68. The molecule has 2 aromatic carbocycles. The zero-order chi connectivity index (χ0) is 17.1. The Bertz CT molecular complexity index is 912. The predicted molar refractivity (Wildman–Crippen MR) is 92.7 cm³/mol. The highest BCUT2D eigenvalue weighted by Gasteiger charge is 2.09. The molecule has 122 valence electrons. The van der Waals surface area contributed by atoms with Crippen LogP contribution < -0.4 is 15.2 Å². The Balaban J connectivity index is 2.01. The maximum Gasteiger partial charge on any atom is 0.221 e. The Hall–Kier alpha value is -2.79. The number of hydrogen-bond donors (Lipinski definition) is 1. The zero-order valence-corrected chi connectivity index (χ0v) is 13.7. The molecule has 0 unspecified atom stereocenters. The second-order valence-electron chi connectivity index (χ2n) is 5.23. The van der Waals surface area contributed by atoms with Gasteiger partial charge in [0.1, 0.15) is 17.2 Å². The van der Waals surface area contributed by atoms with Crippen molar-refractivity contribution in [2.75, 3.05) is 7.11 Å². The standard InChI is InChI=1S/C18H15ClN2O3/c1-23-13-6-11(8-18(20)22)7-14(10-13)24-17-4-5-21-16-3-2-12(19)9-15(16)17/h2-7,9-10H,8H2,1H3,(H2,20,22). The number of methoxy groups -OCH3 is 1. The summed E-state index contributed by atoms with van der Waals surface area (Å²) in [4.78, 5) is 15.5. The molecule has 1 heterocycles. The SMILES string of the molecule is COc1cc(CC(N)=O)cc(Oc2ccnc3ccc(Cl)cc23)c1. The molecule has 1 aromatic heterocycles. The van der Waals surface area contributed by atoms with Gasteiger partial charge in [0, 0.05) is 22.7 Å². The van der Waals surface area contributed by atoms with E-state index in [4.69, 9.17) is 26.8 Å². The number of benzene rings is 2. The van der Waals surface area contributed by atoms with Crippen LogP contribution in [0.5, 0.6) is 17.2 Å². The Kier molecular flexibility index (Phi) is 4.53. The lowest BCUT2D eigenvalue weighted by molar-refractivity contribution is -0.117. The highest BCUT2D eigenvalue weighted by Crippen LogP contribution is 2.32. The summed E-state index contributed by atoms with van der Waals surface area (Å²) >= 11 is 6.07. The van der Waals surface area contributed by atoms with Crippen LogP contribution in [0.1, 0.15) is 5.56 Å². The smallest absolute Gasteiger partial charge is 0.221 e. The van der Waals surface area contributed by atoms with Crippen LogP contribution in [0.3, 0.4) is 0 Å². The Morgan fingerprint density at radius 2 is 1.96 bits per heavy atom. The van der Waals surface area contributed by atoms with Crippen molar-refractivity contribution in [2.45, 2.75) is 6.42 Å². The maximum atomic E-state index is 11.2. The number of fused-ring (bicyclic) bond motifs is 1. The van der Waals surface area contributed by atoms with E-state index in [0.717, 1.165) is 10.9 Å². The molecule has 0 saturated heterocycles. The normalized spacial score (nSPS) is 10.6. The summed E-state index contributed by atoms with van der Waals surface area (Å²) in [5, 5.41) is 1.39. The second-order valence-corrected chi connectivity index (χ2v) is 5.67.